The van der Waals surface area contributed by atoms with Crippen LogP contribution in [0.25, 0.3) is 0 Å². The summed E-state index contributed by atoms with van der Waals surface area (Å²) in [6, 6.07) is 42.6. The van der Waals surface area contributed by atoms with Crippen LogP contribution in [0.15, 0.2) is 140 Å². The van der Waals surface area contributed by atoms with E-state index in [-0.39, 0.29) is 168 Å². The van der Waals surface area contributed by atoms with Crippen LogP contribution in [0, 0.1) is 53.7 Å². The number of allylic oxidation sites excluding steroid dienone is 1. The molecule has 5 aromatic carbocycles. The zero-order chi connectivity index (χ0) is 71.3. The van der Waals surface area contributed by atoms with Crippen LogP contribution in [-0.2, 0) is 47.8 Å². The number of nitrogens with zero attached hydrogens (tertiary/aromatic N) is 2. The van der Waals surface area contributed by atoms with E-state index in [0.29, 0.717) is 62.2 Å². The Balaban J connectivity index is -0.000000213. The molecule has 0 spiro atoms. The van der Waals surface area contributed by atoms with Crippen LogP contribution in [0.2, 0.25) is 19.6 Å². The molecule has 10 rings (SSSR count). The van der Waals surface area contributed by atoms with E-state index in [4.69, 9.17) is 24.8 Å². The second kappa shape index (κ2) is 64.6. The molecule has 3 radical (unpaired) electrons. The number of hydroxylamine groups is 2. The zero-order valence-electron chi connectivity index (χ0n) is 64.9. The molecular weight excluding hydrogens is 1490 g/mol. The van der Waals surface area contributed by atoms with Gasteiger partial charge < -0.3 is 71.3 Å². The van der Waals surface area contributed by atoms with Crippen molar-refractivity contribution in [2.45, 2.75) is 164 Å². The van der Waals surface area contributed by atoms with Crippen molar-refractivity contribution in [2.75, 3.05) is 65.0 Å². The van der Waals surface area contributed by atoms with Crippen molar-refractivity contribution >= 4 is 151 Å². The Hall–Kier alpha value is -3.39. The first-order valence-corrected chi connectivity index (χ1v) is 39.4. The molecule has 5 fully saturated rings. The number of anilines is 2. The van der Waals surface area contributed by atoms with Gasteiger partial charge in [0.05, 0.1) is 32.6 Å². The SMILES string of the molecule is CCOC.CCOC(=O)/C=C/C1CC1.CCOC(=O)C=P(c1ccccc1)(c1ccccc1)c1ccccc1.CCOC(=O)CCC1CC1.CN(c1c[c-]ccc1F)[Si](C)(C)C.CON(C)C(=O)CCC1CC1.C[CH-]C.Cl.Nc1cc(C(=O)CCC2CC2)ccc1F.O=CC1CC1.[B].[Br-].[Cl-].[H-].[Mg+2].[Mg+2].[Na+]. The van der Waals surface area contributed by atoms with Gasteiger partial charge in [-0.15, -0.1) is 18.5 Å². The van der Waals surface area contributed by atoms with Gasteiger partial charge in [0.2, 0.25) is 5.91 Å². The molecule has 5 saturated carbocycles. The van der Waals surface area contributed by atoms with Crippen molar-refractivity contribution in [3.8, 4) is 0 Å². The summed E-state index contributed by atoms with van der Waals surface area (Å²) in [5, 5.41) is 4.71. The Labute approximate surface area is 699 Å². The Morgan fingerprint density at radius 1 is 0.641 bits per heavy atom. The Bertz CT molecular complexity index is 3030. The standard InChI is InChI=1S/C22H21O2P.C12H14FNO.C10H15FNSi.C8H15NO2.C8H14O2.C8H12O2.C4H6O.C3H8O.C3H7.B.BrH.2ClH.2Mg.Na.H/c1-2-24-22(23)18-25(19-12-6-3-7-13-19,20-14-8-4-9-15-20)21-16-10-5-11-17-21;13-10-5-4-9(7-11(10)14)12(15)6-3-8-1-2-8;1-12(13(2,3)4)10-8-6-5-7-9(10)11;1-9(11-2)8(10)6-5-7-3-4-7;2*1-2-10-8(9)6-5-7-3-4-7;5-3-4-1-2-4;1-3-4-2;1-3-2;;;;;;;;/h3-18H,2H2,1H3;4-5,7-8H,1-3,6,14H2;5,7-8H,1-4H3;7H,3-6H2,1-2H3;7H,2-6H2,1H3;5-7H,2-4H2,1H3;3-4H,1-2H2;3H2,1-2H3;3H,1-2H3;;3*1H;;;;/q;;-1;;;;;;-1;;;;;2*+2;+1;-1/p-2/b;;;;;6-5+;;;;;;;;;;;. The molecule has 5 aliphatic rings. The number of nitrogens with two attached hydrogens (primary N) is 1. The maximum atomic E-state index is 13.3. The van der Waals surface area contributed by atoms with Crippen LogP contribution in [0.4, 0.5) is 20.2 Å². The number of carbonyl (C=O) groups is 6. The maximum Gasteiger partial charge on any atom is 2.00 e. The van der Waals surface area contributed by atoms with Crippen molar-refractivity contribution in [3.63, 3.8) is 0 Å². The van der Waals surface area contributed by atoms with E-state index in [1.165, 1.54) is 93.9 Å². The molecule has 0 unspecified atom stereocenters. The number of rotatable bonds is 24. The number of methoxy groups -OCH3 is 1. The summed E-state index contributed by atoms with van der Waals surface area (Å²) in [5.41, 5.74) is 6.62. The normalized spacial score (nSPS) is 13.0. The van der Waals surface area contributed by atoms with Crippen molar-refractivity contribution in [2.24, 2.45) is 29.6 Å². The third-order valence-electron chi connectivity index (χ3n) is 15.4. The molecule has 5 aromatic rings. The smallest absolute Gasteiger partial charge is 1.00 e. The largest absolute Gasteiger partial charge is 2.00 e. The maximum absolute atomic E-state index is 13.3. The second-order valence-corrected chi connectivity index (χ2v) is 33.0. The van der Waals surface area contributed by atoms with Gasteiger partial charge in [-0.3, -0.25) is 19.2 Å². The van der Waals surface area contributed by atoms with E-state index in [9.17, 15) is 37.5 Å². The van der Waals surface area contributed by atoms with Crippen LogP contribution in [0.5, 0.6) is 0 Å². The average molecular weight is 1600 g/mol. The molecule has 14 nitrogen and oxygen atoms in total. The summed E-state index contributed by atoms with van der Waals surface area (Å²) in [6.07, 6.45) is 23.8. The number of ketones is 1. The van der Waals surface area contributed by atoms with Gasteiger partial charge in [0, 0.05) is 77.6 Å². The number of aldehydes is 1. The first kappa shape index (κ1) is 111. The minimum Gasteiger partial charge on any atom is -1.00 e. The van der Waals surface area contributed by atoms with Gasteiger partial charge in [-0.2, -0.15) is 32.0 Å². The van der Waals surface area contributed by atoms with Gasteiger partial charge in [-0.25, -0.2) is 23.4 Å². The van der Waals surface area contributed by atoms with Crippen molar-refractivity contribution in [3.05, 3.63) is 169 Å². The van der Waals surface area contributed by atoms with E-state index in [2.05, 4.69) is 66.8 Å². The van der Waals surface area contributed by atoms with Crippen molar-refractivity contribution < 1.29 is 122 Å². The van der Waals surface area contributed by atoms with Gasteiger partial charge in [0.1, 0.15) is 20.3 Å². The number of benzene rings is 5. The molecule has 0 saturated heterocycles. The summed E-state index contributed by atoms with van der Waals surface area (Å²) in [7, 11) is 5.32. The fourth-order valence-corrected chi connectivity index (χ4v) is 13.1. The number of hydrogen-bond acceptors (Lipinski definition) is 13. The monoisotopic (exact) mass is 1600 g/mol. The topological polar surface area (TPSA) is 181 Å². The van der Waals surface area contributed by atoms with Crippen LogP contribution < -0.4 is 85.2 Å². The predicted octanol–water partition coefficient (Wildman–Crippen LogP) is 6.36. The van der Waals surface area contributed by atoms with E-state index < -0.39 is 20.9 Å². The van der Waals surface area contributed by atoms with Crippen molar-refractivity contribution in [1.29, 1.82) is 0 Å². The van der Waals surface area contributed by atoms with Crippen LogP contribution in [-0.4, -0.2) is 164 Å². The molecule has 0 bridgehead atoms. The Morgan fingerprint density at radius 3 is 1.41 bits per heavy atom. The molecule has 0 aliphatic heterocycles. The predicted molar refractivity (Wildman–Crippen MR) is 418 cm³/mol. The van der Waals surface area contributed by atoms with E-state index in [0.717, 1.165) is 78.7 Å². The van der Waals surface area contributed by atoms with Crippen LogP contribution in [0.1, 0.15) is 156 Å². The number of carbonyl (C=O) groups excluding carboxylic acids is 6. The summed E-state index contributed by atoms with van der Waals surface area (Å²) in [4.78, 5) is 71.0. The Kier molecular flexibility index (Phi) is 69.3. The molecule has 2 N–H and O–H groups in total. The molecule has 25 heteroatoms. The fraction of sp³-hybridized carbons (Fsp3) is 0.487. The molecule has 0 aromatic heterocycles. The Morgan fingerprint density at radius 2 is 1.06 bits per heavy atom. The zero-order valence-corrected chi connectivity index (χ0v) is 73.7. The summed E-state index contributed by atoms with van der Waals surface area (Å²) < 4.78 is 47.5. The number of nitrogen functional groups attached to an aromatic ring is 1. The number of hydrogen-bond donors (Lipinski definition) is 1. The minimum atomic E-state index is -2.24. The minimum absolute atomic E-state index is 0. The van der Waals surface area contributed by atoms with E-state index >= 15 is 0 Å². The third kappa shape index (κ3) is 50.8. The van der Waals surface area contributed by atoms with Crippen LogP contribution >= 0.6 is 19.3 Å². The third-order valence-corrected chi connectivity index (χ3v) is 21.6. The number of amides is 1. The molecule has 0 atom stereocenters. The van der Waals surface area contributed by atoms with E-state index in [1.54, 1.807) is 32.1 Å². The quantitative estimate of drug-likeness (QED) is 0.00690. The number of halogens is 5. The van der Waals surface area contributed by atoms with Gasteiger partial charge in [-0.05, 0) is 150 Å². The second-order valence-electron chi connectivity index (χ2n) is 24.8. The molecule has 1 amide bonds. The van der Waals surface area contributed by atoms with Gasteiger partial charge in [0.15, 0.2) is 5.78 Å². The summed E-state index contributed by atoms with van der Waals surface area (Å²) in [6.45, 7) is 17.9. The number of esters is 3. The van der Waals surface area contributed by atoms with Crippen molar-refractivity contribution in [1.82, 2.24) is 5.06 Å². The number of Topliss-reactive ketones (excluding diaryl/α,β-unsaturated/α-hetero) is 1. The molecular formula is C78H114BBrCl2F2Mg2N3NaO11PSi. The average Bonchev–Trinajstić information content (AvgIpc) is 1.23. The van der Waals surface area contributed by atoms with Gasteiger partial charge >= 0.3 is 93.6 Å². The van der Waals surface area contributed by atoms with Gasteiger partial charge in [0.25, 0.3) is 0 Å². The van der Waals surface area contributed by atoms with E-state index in [1.807, 2.05) is 120 Å². The summed E-state index contributed by atoms with van der Waals surface area (Å²) >= 11 is 0. The first-order valence-electron chi connectivity index (χ1n) is 34.1. The first-order chi connectivity index (χ1) is 46.0. The summed E-state index contributed by atoms with van der Waals surface area (Å²) in [5.74, 6) is 4.32. The number of ether oxygens (including phenoxy) is 4. The fourth-order valence-electron chi connectivity index (χ4n) is 8.50. The van der Waals surface area contributed by atoms with Crippen LogP contribution in [0.3, 0.4) is 0 Å². The molecule has 103 heavy (non-hydrogen) atoms. The molecule has 559 valence electrons. The molecule has 5 aliphatic carbocycles. The van der Waals surface area contributed by atoms with Gasteiger partial charge in [-0.1, -0.05) is 155 Å². The molecule has 0 heterocycles.